The van der Waals surface area contributed by atoms with E-state index in [2.05, 4.69) is 15.5 Å². The minimum Gasteiger partial charge on any atom is -0.451 e. The quantitative estimate of drug-likeness (QED) is 0.523. The molecule has 0 fully saturated rings. The zero-order chi connectivity index (χ0) is 17.8. The van der Waals surface area contributed by atoms with Crippen LogP contribution in [0.1, 0.15) is 27.6 Å². The molecule has 0 aliphatic carbocycles. The number of benzene rings is 2. The third-order valence-corrected chi connectivity index (χ3v) is 3.50. The SMILES string of the molecule is C[C@H](OC(=O)c1ccc(-n2cnnn2)cc1)C(=O)c1ccc(F)cc1. The van der Waals surface area contributed by atoms with E-state index in [-0.39, 0.29) is 11.1 Å². The maximum absolute atomic E-state index is 12.9. The number of ketones is 1. The van der Waals surface area contributed by atoms with Crippen molar-refractivity contribution in [2.45, 2.75) is 13.0 Å². The predicted octanol–water partition coefficient (Wildman–Crippen LogP) is 2.23. The van der Waals surface area contributed by atoms with Gasteiger partial charge in [-0.05, 0) is 65.9 Å². The summed E-state index contributed by atoms with van der Waals surface area (Å²) in [5.41, 5.74) is 1.24. The molecular formula is C17H13FN4O3. The number of nitrogens with zero attached hydrogens (tertiary/aromatic N) is 4. The number of tetrazole rings is 1. The molecule has 126 valence electrons. The van der Waals surface area contributed by atoms with Crippen LogP contribution < -0.4 is 0 Å². The molecule has 1 atom stereocenters. The van der Waals surface area contributed by atoms with Crippen LogP contribution in [0.25, 0.3) is 5.69 Å². The Hall–Kier alpha value is -3.42. The molecule has 0 saturated heterocycles. The van der Waals surface area contributed by atoms with Crippen molar-refractivity contribution in [2.75, 3.05) is 0 Å². The number of ether oxygens (including phenoxy) is 1. The second-order valence-corrected chi connectivity index (χ2v) is 5.22. The summed E-state index contributed by atoms with van der Waals surface area (Å²) in [5.74, 6) is -1.48. The fourth-order valence-corrected chi connectivity index (χ4v) is 2.16. The molecule has 3 rings (SSSR count). The fraction of sp³-hybridized carbons (Fsp3) is 0.118. The fourth-order valence-electron chi connectivity index (χ4n) is 2.16. The molecule has 0 N–H and O–H groups in total. The van der Waals surface area contributed by atoms with Gasteiger partial charge < -0.3 is 4.74 Å². The second-order valence-electron chi connectivity index (χ2n) is 5.22. The molecule has 0 aliphatic rings. The van der Waals surface area contributed by atoms with Crippen LogP contribution in [0.4, 0.5) is 4.39 Å². The Kier molecular flexibility index (Phi) is 4.60. The largest absolute Gasteiger partial charge is 0.451 e. The highest BCUT2D eigenvalue weighted by Crippen LogP contribution is 2.12. The molecule has 1 aromatic heterocycles. The number of Topliss-reactive ketones (excluding diaryl/α,β-unsaturated/α-hetero) is 1. The number of carbonyl (C=O) groups is 2. The maximum Gasteiger partial charge on any atom is 0.338 e. The lowest BCUT2D eigenvalue weighted by Crippen LogP contribution is -2.24. The van der Waals surface area contributed by atoms with Gasteiger partial charge >= 0.3 is 5.97 Å². The van der Waals surface area contributed by atoms with E-state index < -0.39 is 23.7 Å². The van der Waals surface area contributed by atoms with Crippen molar-refractivity contribution in [3.63, 3.8) is 0 Å². The molecule has 3 aromatic rings. The van der Waals surface area contributed by atoms with E-state index in [0.717, 1.165) is 0 Å². The van der Waals surface area contributed by atoms with E-state index in [0.29, 0.717) is 5.69 Å². The van der Waals surface area contributed by atoms with Crippen molar-refractivity contribution in [3.05, 3.63) is 71.8 Å². The highest BCUT2D eigenvalue weighted by Gasteiger charge is 2.20. The third kappa shape index (κ3) is 3.74. The minimum atomic E-state index is -0.989. The number of hydrogen-bond acceptors (Lipinski definition) is 6. The highest BCUT2D eigenvalue weighted by atomic mass is 19.1. The summed E-state index contributed by atoms with van der Waals surface area (Å²) < 4.78 is 19.5. The van der Waals surface area contributed by atoms with Crippen molar-refractivity contribution < 1.29 is 18.7 Å². The van der Waals surface area contributed by atoms with Crippen LogP contribution in [0.2, 0.25) is 0 Å². The average molecular weight is 340 g/mol. The van der Waals surface area contributed by atoms with Crippen LogP contribution in [0.5, 0.6) is 0 Å². The molecule has 0 amide bonds. The Labute approximate surface area is 142 Å². The van der Waals surface area contributed by atoms with E-state index in [1.807, 2.05) is 0 Å². The van der Waals surface area contributed by atoms with E-state index in [1.165, 1.54) is 42.2 Å². The molecule has 0 saturated carbocycles. The Morgan fingerprint density at radius 2 is 1.68 bits per heavy atom. The van der Waals surface area contributed by atoms with Crippen molar-refractivity contribution in [1.82, 2.24) is 20.2 Å². The molecule has 2 aromatic carbocycles. The van der Waals surface area contributed by atoms with E-state index in [4.69, 9.17) is 4.74 Å². The molecule has 8 heteroatoms. The number of halogens is 1. The number of rotatable bonds is 5. The van der Waals surface area contributed by atoms with Crippen molar-refractivity contribution in [2.24, 2.45) is 0 Å². The van der Waals surface area contributed by atoms with Gasteiger partial charge in [-0.25, -0.2) is 13.9 Å². The third-order valence-electron chi connectivity index (χ3n) is 3.50. The first kappa shape index (κ1) is 16.4. The van der Waals surface area contributed by atoms with E-state index >= 15 is 0 Å². The number of hydrogen-bond donors (Lipinski definition) is 0. The Morgan fingerprint density at radius 1 is 1.04 bits per heavy atom. The van der Waals surface area contributed by atoms with E-state index in [9.17, 15) is 14.0 Å². The Balaban J connectivity index is 1.67. The molecular weight excluding hydrogens is 327 g/mol. The van der Waals surface area contributed by atoms with Gasteiger partial charge in [0.2, 0.25) is 5.78 Å². The summed E-state index contributed by atoms with van der Waals surface area (Å²) in [4.78, 5) is 24.4. The van der Waals surface area contributed by atoms with Crippen molar-refractivity contribution >= 4 is 11.8 Å². The minimum absolute atomic E-state index is 0.274. The molecule has 7 nitrogen and oxygen atoms in total. The Morgan fingerprint density at radius 3 is 2.28 bits per heavy atom. The first-order valence-corrected chi connectivity index (χ1v) is 7.39. The van der Waals surface area contributed by atoms with Crippen LogP contribution in [0.15, 0.2) is 54.9 Å². The molecule has 0 radical (unpaired) electrons. The molecule has 0 bridgehead atoms. The van der Waals surface area contributed by atoms with Gasteiger partial charge in [0.15, 0.2) is 6.10 Å². The lowest BCUT2D eigenvalue weighted by Gasteiger charge is -2.12. The van der Waals surface area contributed by atoms with Gasteiger partial charge in [0.05, 0.1) is 11.3 Å². The zero-order valence-electron chi connectivity index (χ0n) is 13.2. The molecule has 1 heterocycles. The van der Waals surface area contributed by atoms with Crippen LogP contribution in [-0.2, 0) is 4.74 Å². The number of carbonyl (C=O) groups excluding carboxylic acids is 2. The number of esters is 1. The molecule has 0 aliphatic heterocycles. The Bertz CT molecular complexity index is 877. The summed E-state index contributed by atoms with van der Waals surface area (Å²) >= 11 is 0. The average Bonchev–Trinajstić information content (AvgIpc) is 3.16. The summed E-state index contributed by atoms with van der Waals surface area (Å²) in [5, 5.41) is 10.8. The molecule has 0 unspecified atom stereocenters. The van der Waals surface area contributed by atoms with Gasteiger partial charge in [0.25, 0.3) is 0 Å². The normalized spacial score (nSPS) is 11.8. The van der Waals surface area contributed by atoms with Crippen LogP contribution in [-0.4, -0.2) is 38.1 Å². The highest BCUT2D eigenvalue weighted by molar-refractivity contribution is 6.01. The zero-order valence-corrected chi connectivity index (χ0v) is 13.2. The smallest absolute Gasteiger partial charge is 0.338 e. The van der Waals surface area contributed by atoms with Crippen LogP contribution in [0.3, 0.4) is 0 Å². The topological polar surface area (TPSA) is 87.0 Å². The number of aromatic nitrogens is 4. The second kappa shape index (κ2) is 7.00. The first-order valence-electron chi connectivity index (χ1n) is 7.39. The summed E-state index contributed by atoms with van der Waals surface area (Å²) in [6.07, 6.45) is 0.439. The van der Waals surface area contributed by atoms with Crippen LogP contribution >= 0.6 is 0 Å². The van der Waals surface area contributed by atoms with Crippen molar-refractivity contribution in [3.8, 4) is 5.69 Å². The van der Waals surface area contributed by atoms with Gasteiger partial charge in [-0.3, -0.25) is 4.79 Å². The van der Waals surface area contributed by atoms with Crippen molar-refractivity contribution in [1.29, 1.82) is 0 Å². The summed E-state index contributed by atoms with van der Waals surface area (Å²) in [7, 11) is 0. The van der Waals surface area contributed by atoms with Gasteiger partial charge in [0, 0.05) is 5.56 Å². The van der Waals surface area contributed by atoms with Gasteiger partial charge in [-0.2, -0.15) is 0 Å². The lowest BCUT2D eigenvalue weighted by molar-refractivity contribution is 0.0319. The monoisotopic (exact) mass is 340 g/mol. The summed E-state index contributed by atoms with van der Waals surface area (Å²) in [6, 6.07) is 11.5. The predicted molar refractivity (Wildman–Crippen MR) is 84.8 cm³/mol. The maximum atomic E-state index is 12.9. The van der Waals surface area contributed by atoms with Crippen LogP contribution in [0, 0.1) is 5.82 Å². The summed E-state index contributed by atoms with van der Waals surface area (Å²) in [6.45, 7) is 1.47. The van der Waals surface area contributed by atoms with Gasteiger partial charge in [0.1, 0.15) is 12.1 Å². The molecule has 0 spiro atoms. The molecule has 25 heavy (non-hydrogen) atoms. The lowest BCUT2D eigenvalue weighted by atomic mass is 10.1. The van der Waals surface area contributed by atoms with E-state index in [1.54, 1.807) is 24.3 Å². The standard InChI is InChI=1S/C17H13FN4O3/c1-11(16(23)12-2-6-14(18)7-3-12)25-17(24)13-4-8-15(9-5-13)22-10-19-20-21-22/h2-11H,1H3/t11-/m0/s1. The van der Waals surface area contributed by atoms with Gasteiger partial charge in [-0.1, -0.05) is 0 Å². The van der Waals surface area contributed by atoms with Gasteiger partial charge in [-0.15, -0.1) is 5.10 Å². The first-order chi connectivity index (χ1) is 12.0.